The molecule has 0 aliphatic carbocycles. The van der Waals surface area contributed by atoms with Crippen LogP contribution in [-0.4, -0.2) is 37.6 Å². The van der Waals surface area contributed by atoms with Crippen LogP contribution in [0.2, 0.25) is 0 Å². The number of hydrogen-bond donors (Lipinski definition) is 2. The lowest BCUT2D eigenvalue weighted by Gasteiger charge is -2.18. The molecule has 3 rings (SSSR count). The molecule has 3 aromatic heterocycles. The van der Waals surface area contributed by atoms with Gasteiger partial charge in [-0.05, 0) is 30.2 Å². The molecule has 26 heavy (non-hydrogen) atoms. The molecule has 3 N–H and O–H groups in total. The van der Waals surface area contributed by atoms with E-state index >= 15 is 0 Å². The summed E-state index contributed by atoms with van der Waals surface area (Å²) >= 11 is 0. The van der Waals surface area contributed by atoms with Crippen LogP contribution < -0.4 is 11.1 Å². The van der Waals surface area contributed by atoms with Crippen molar-refractivity contribution in [2.45, 2.75) is 26.4 Å². The number of rotatable bonds is 6. The van der Waals surface area contributed by atoms with Crippen molar-refractivity contribution in [2.24, 2.45) is 11.7 Å². The van der Waals surface area contributed by atoms with Gasteiger partial charge in [-0.15, -0.1) is 0 Å². The Kier molecular flexibility index (Phi) is 4.92. The maximum Gasteiger partial charge on any atom is 0.273 e. The molecule has 2 amide bonds. The molecule has 0 unspecified atom stereocenters. The van der Waals surface area contributed by atoms with Crippen molar-refractivity contribution in [1.29, 1.82) is 0 Å². The number of amides is 2. The Bertz CT molecular complexity index is 935. The number of aromatic nitrogens is 4. The molecule has 3 heterocycles. The highest BCUT2D eigenvalue weighted by molar-refractivity contribution is 6.05. The molecule has 3 aromatic rings. The second-order valence-corrected chi connectivity index (χ2v) is 6.30. The average molecular weight is 352 g/mol. The van der Waals surface area contributed by atoms with Gasteiger partial charge in [-0.1, -0.05) is 19.9 Å². The van der Waals surface area contributed by atoms with Crippen molar-refractivity contribution in [3.05, 3.63) is 54.1 Å². The Morgan fingerprint density at radius 3 is 2.58 bits per heavy atom. The maximum absolute atomic E-state index is 12.7. The number of hydrogen-bond acceptors (Lipinski definition) is 5. The van der Waals surface area contributed by atoms with E-state index in [1.165, 1.54) is 0 Å². The van der Waals surface area contributed by atoms with E-state index in [4.69, 9.17) is 5.73 Å². The summed E-state index contributed by atoms with van der Waals surface area (Å²) in [6.07, 6.45) is 3.34. The molecule has 8 heteroatoms. The van der Waals surface area contributed by atoms with Gasteiger partial charge in [0.25, 0.3) is 5.91 Å². The van der Waals surface area contributed by atoms with Crippen LogP contribution >= 0.6 is 0 Å². The zero-order chi connectivity index (χ0) is 18.7. The lowest BCUT2D eigenvalue weighted by atomic mass is 10.0. The normalized spacial score (nSPS) is 12.3. The van der Waals surface area contributed by atoms with Crippen molar-refractivity contribution in [1.82, 2.24) is 25.1 Å². The van der Waals surface area contributed by atoms with Gasteiger partial charge < -0.3 is 11.1 Å². The summed E-state index contributed by atoms with van der Waals surface area (Å²) in [5, 5.41) is 7.68. The van der Waals surface area contributed by atoms with E-state index in [0.29, 0.717) is 17.6 Å². The molecule has 0 spiro atoms. The van der Waals surface area contributed by atoms with E-state index in [1.807, 2.05) is 32.0 Å². The molecule has 0 aromatic carbocycles. The number of nitrogens with one attached hydrogen (secondary N) is 1. The highest BCUT2D eigenvalue weighted by Crippen LogP contribution is 2.17. The van der Waals surface area contributed by atoms with Crippen LogP contribution in [0.5, 0.6) is 0 Å². The topological polar surface area (TPSA) is 116 Å². The first-order valence-corrected chi connectivity index (χ1v) is 8.29. The van der Waals surface area contributed by atoms with E-state index in [-0.39, 0.29) is 11.6 Å². The molecule has 1 atom stereocenters. The zero-order valence-electron chi connectivity index (χ0n) is 14.6. The fourth-order valence-corrected chi connectivity index (χ4v) is 2.71. The smallest absolute Gasteiger partial charge is 0.273 e. The quantitative estimate of drug-likeness (QED) is 0.689. The number of nitrogens with two attached hydrogens (primary N) is 1. The van der Waals surface area contributed by atoms with Crippen molar-refractivity contribution in [3.63, 3.8) is 0 Å². The van der Waals surface area contributed by atoms with E-state index in [9.17, 15) is 9.59 Å². The van der Waals surface area contributed by atoms with Gasteiger partial charge in [-0.2, -0.15) is 5.10 Å². The van der Waals surface area contributed by atoms with E-state index < -0.39 is 17.9 Å². The lowest BCUT2D eigenvalue weighted by molar-refractivity contribution is -0.120. The van der Waals surface area contributed by atoms with Crippen LogP contribution in [0.3, 0.4) is 0 Å². The Morgan fingerprint density at radius 1 is 1.15 bits per heavy atom. The molecule has 0 bridgehead atoms. The summed E-state index contributed by atoms with van der Waals surface area (Å²) in [6, 6.07) is 8.33. The minimum Gasteiger partial charge on any atom is -0.368 e. The van der Waals surface area contributed by atoms with Crippen LogP contribution in [0.15, 0.2) is 42.7 Å². The predicted molar refractivity (Wildman–Crippen MR) is 96.2 cm³/mol. The van der Waals surface area contributed by atoms with Gasteiger partial charge >= 0.3 is 0 Å². The number of nitrogens with zero attached hydrogens (tertiary/aromatic N) is 4. The van der Waals surface area contributed by atoms with E-state index in [1.54, 1.807) is 29.2 Å². The Morgan fingerprint density at radius 2 is 1.92 bits per heavy atom. The van der Waals surface area contributed by atoms with Gasteiger partial charge in [0.05, 0.1) is 17.6 Å². The fraction of sp³-hybridized carbons (Fsp3) is 0.278. The molecule has 134 valence electrons. The first kappa shape index (κ1) is 17.5. The number of carbonyl (C=O) groups excluding carboxylic acids is 2. The fourth-order valence-electron chi connectivity index (χ4n) is 2.71. The maximum atomic E-state index is 12.7. The summed E-state index contributed by atoms with van der Waals surface area (Å²) in [4.78, 5) is 32.9. The minimum absolute atomic E-state index is 0.128. The van der Waals surface area contributed by atoms with Gasteiger partial charge in [-0.25, -0.2) is 9.67 Å². The SMILES string of the molecule is CC(C)[C@H](NC(=O)c1nn(Cc2ccccn2)c2ncccc12)C(N)=O. The zero-order valence-corrected chi connectivity index (χ0v) is 14.6. The third-order valence-electron chi connectivity index (χ3n) is 4.02. The third kappa shape index (κ3) is 3.53. The summed E-state index contributed by atoms with van der Waals surface area (Å²) in [5.74, 6) is -1.17. The number of carbonyl (C=O) groups is 2. The summed E-state index contributed by atoms with van der Waals surface area (Å²) < 4.78 is 1.63. The molecular weight excluding hydrogens is 332 g/mol. The standard InChI is InChI=1S/C18H20N6O2/c1-11(2)14(16(19)25)22-18(26)15-13-7-5-9-21-17(13)24(23-15)10-12-6-3-4-8-20-12/h3-9,11,14H,10H2,1-2H3,(H2,19,25)(H,22,26)/t14-/m0/s1. The second-order valence-electron chi connectivity index (χ2n) is 6.30. The van der Waals surface area contributed by atoms with Crippen LogP contribution in [0, 0.1) is 5.92 Å². The largest absolute Gasteiger partial charge is 0.368 e. The van der Waals surface area contributed by atoms with Gasteiger partial charge in [0.15, 0.2) is 11.3 Å². The molecule has 0 saturated heterocycles. The van der Waals surface area contributed by atoms with Crippen molar-refractivity contribution in [2.75, 3.05) is 0 Å². The Balaban J connectivity index is 1.96. The Hall–Kier alpha value is -3.29. The summed E-state index contributed by atoms with van der Waals surface area (Å²) in [5.41, 5.74) is 6.96. The highest BCUT2D eigenvalue weighted by Gasteiger charge is 2.25. The molecule has 0 aliphatic heterocycles. The van der Waals surface area contributed by atoms with Gasteiger partial charge in [0, 0.05) is 12.4 Å². The first-order valence-electron chi connectivity index (χ1n) is 8.29. The monoisotopic (exact) mass is 352 g/mol. The number of pyridine rings is 2. The molecular formula is C18H20N6O2. The van der Waals surface area contributed by atoms with Crippen LogP contribution in [-0.2, 0) is 11.3 Å². The Labute approximate surface area is 150 Å². The summed E-state index contributed by atoms with van der Waals surface area (Å²) in [7, 11) is 0. The van der Waals surface area contributed by atoms with Crippen LogP contribution in [0.4, 0.5) is 0 Å². The van der Waals surface area contributed by atoms with Crippen molar-refractivity contribution < 1.29 is 9.59 Å². The number of fused-ring (bicyclic) bond motifs is 1. The average Bonchev–Trinajstić information content (AvgIpc) is 2.99. The van der Waals surface area contributed by atoms with Crippen molar-refractivity contribution in [3.8, 4) is 0 Å². The summed E-state index contributed by atoms with van der Waals surface area (Å²) in [6.45, 7) is 4.01. The second kappa shape index (κ2) is 7.30. The molecule has 0 fully saturated rings. The van der Waals surface area contributed by atoms with Crippen LogP contribution in [0.25, 0.3) is 11.0 Å². The molecule has 0 aliphatic rings. The minimum atomic E-state index is -0.768. The molecule has 0 radical (unpaired) electrons. The van der Waals surface area contributed by atoms with Gasteiger partial charge in [-0.3, -0.25) is 14.6 Å². The van der Waals surface area contributed by atoms with Crippen LogP contribution in [0.1, 0.15) is 30.0 Å². The number of primary amides is 1. The van der Waals surface area contributed by atoms with Gasteiger partial charge in [0.1, 0.15) is 6.04 Å². The highest BCUT2D eigenvalue weighted by atomic mass is 16.2. The first-order chi connectivity index (χ1) is 12.5. The van der Waals surface area contributed by atoms with E-state index in [2.05, 4.69) is 20.4 Å². The predicted octanol–water partition coefficient (Wildman–Crippen LogP) is 1.11. The lowest BCUT2D eigenvalue weighted by Crippen LogP contribution is -2.47. The van der Waals surface area contributed by atoms with Gasteiger partial charge in [0.2, 0.25) is 5.91 Å². The molecule has 0 saturated carbocycles. The van der Waals surface area contributed by atoms with E-state index in [0.717, 1.165) is 5.69 Å². The third-order valence-corrected chi connectivity index (χ3v) is 4.02. The molecule has 8 nitrogen and oxygen atoms in total. The van der Waals surface area contributed by atoms with Crippen molar-refractivity contribution >= 4 is 22.8 Å².